The number of nitriles is 1. The Morgan fingerprint density at radius 1 is 0.923 bits per heavy atom. The largest absolute Gasteiger partial charge is 0.360 e. The molecular weight excluding hydrogens is 344 g/mol. The minimum absolute atomic E-state index is 0.117. The minimum atomic E-state index is -3.85. The predicted octanol–water partition coefficient (Wildman–Crippen LogP) is 5.18. The Morgan fingerprint density at radius 2 is 1.38 bits per heavy atom. The van der Waals surface area contributed by atoms with Crippen molar-refractivity contribution < 1.29 is 8.42 Å². The number of rotatable bonds is 6. The van der Waals surface area contributed by atoms with Crippen LogP contribution in [0.1, 0.15) is 50.7 Å². The lowest BCUT2D eigenvalue weighted by atomic mass is 10.0. The topological polar surface area (TPSA) is 70.0 Å². The summed E-state index contributed by atoms with van der Waals surface area (Å²) in [6.45, 7) is 8.29. The fourth-order valence-corrected chi connectivity index (χ4v) is 3.52. The van der Waals surface area contributed by atoms with E-state index in [2.05, 4.69) is 19.2 Å². The molecule has 0 aromatic heterocycles. The van der Waals surface area contributed by atoms with E-state index >= 15 is 0 Å². The second kappa shape index (κ2) is 8.20. The summed E-state index contributed by atoms with van der Waals surface area (Å²) in [6.07, 6.45) is 1.25. The van der Waals surface area contributed by atoms with E-state index < -0.39 is 9.84 Å². The molecule has 136 valence electrons. The molecule has 2 aromatic rings. The van der Waals surface area contributed by atoms with Crippen molar-refractivity contribution in [2.45, 2.75) is 44.4 Å². The molecule has 0 bridgehead atoms. The highest BCUT2D eigenvalue weighted by Gasteiger charge is 2.21. The summed E-state index contributed by atoms with van der Waals surface area (Å²) in [7, 11) is -3.85. The minimum Gasteiger partial charge on any atom is -0.360 e. The first-order valence-electron chi connectivity index (χ1n) is 8.57. The van der Waals surface area contributed by atoms with E-state index in [1.807, 2.05) is 38.1 Å². The van der Waals surface area contributed by atoms with Crippen molar-refractivity contribution in [3.63, 3.8) is 0 Å². The molecule has 0 saturated carbocycles. The van der Waals surface area contributed by atoms with E-state index in [9.17, 15) is 13.7 Å². The van der Waals surface area contributed by atoms with Gasteiger partial charge in [0.2, 0.25) is 9.84 Å². The van der Waals surface area contributed by atoms with Crippen LogP contribution in [0, 0.1) is 11.3 Å². The van der Waals surface area contributed by atoms with Crippen LogP contribution in [0.25, 0.3) is 0 Å². The molecule has 0 spiro atoms. The van der Waals surface area contributed by atoms with Gasteiger partial charge in [-0.25, -0.2) is 8.42 Å². The Balaban J connectivity index is 2.25. The van der Waals surface area contributed by atoms with Gasteiger partial charge in [-0.15, -0.1) is 0 Å². The number of benzene rings is 2. The van der Waals surface area contributed by atoms with Gasteiger partial charge >= 0.3 is 0 Å². The molecule has 0 heterocycles. The summed E-state index contributed by atoms with van der Waals surface area (Å²) >= 11 is 0. The molecule has 0 atom stereocenters. The van der Waals surface area contributed by atoms with Crippen molar-refractivity contribution in [2.24, 2.45) is 0 Å². The molecule has 1 N–H and O–H groups in total. The van der Waals surface area contributed by atoms with Gasteiger partial charge in [-0.3, -0.25) is 0 Å². The molecule has 26 heavy (non-hydrogen) atoms. The maximum atomic E-state index is 12.7. The molecular formula is C21H24N2O2S. The molecule has 0 aliphatic heterocycles. The number of hydrogen-bond acceptors (Lipinski definition) is 4. The zero-order valence-electron chi connectivity index (χ0n) is 15.5. The molecule has 0 unspecified atom stereocenters. The fourth-order valence-electron chi connectivity index (χ4n) is 2.44. The van der Waals surface area contributed by atoms with Crippen LogP contribution < -0.4 is 5.32 Å². The first kappa shape index (κ1) is 19.7. The maximum Gasteiger partial charge on any atom is 0.218 e. The van der Waals surface area contributed by atoms with Gasteiger partial charge in [0.25, 0.3) is 0 Å². The Kier molecular flexibility index (Phi) is 6.23. The molecule has 0 radical (unpaired) electrons. The average Bonchev–Trinajstić information content (AvgIpc) is 2.62. The fraction of sp³-hybridized carbons (Fsp3) is 0.286. The molecule has 0 aliphatic carbocycles. The Labute approximate surface area is 156 Å². The zero-order valence-corrected chi connectivity index (χ0v) is 16.3. The first-order chi connectivity index (χ1) is 12.3. The summed E-state index contributed by atoms with van der Waals surface area (Å²) in [5.74, 6) is 0.733. The molecule has 4 nitrogen and oxygen atoms in total. The van der Waals surface area contributed by atoms with Crippen LogP contribution in [0.5, 0.6) is 0 Å². The molecule has 2 aromatic carbocycles. The standard InChI is InChI=1S/C21H24N2O2S/c1-15(2)17-5-9-19(10-6-17)23-14-21(13-22)26(24,25)20-11-7-18(8-12-20)16(3)4/h5-12,14-16,23H,1-4H3/b21-14-. The number of nitrogens with zero attached hydrogens (tertiary/aromatic N) is 1. The quantitative estimate of drug-likeness (QED) is 0.713. The summed E-state index contributed by atoms with van der Waals surface area (Å²) in [4.78, 5) is -0.200. The third-order valence-electron chi connectivity index (χ3n) is 4.20. The second-order valence-electron chi connectivity index (χ2n) is 6.77. The van der Waals surface area contributed by atoms with Crippen LogP contribution in [0.4, 0.5) is 5.69 Å². The van der Waals surface area contributed by atoms with Gasteiger partial charge in [-0.05, 0) is 47.2 Å². The number of anilines is 1. The van der Waals surface area contributed by atoms with Gasteiger partial charge < -0.3 is 5.32 Å². The highest BCUT2D eigenvalue weighted by atomic mass is 32.2. The lowest BCUT2D eigenvalue weighted by Gasteiger charge is -2.09. The Bertz CT molecular complexity index is 917. The van der Waals surface area contributed by atoms with Crippen LogP contribution >= 0.6 is 0 Å². The van der Waals surface area contributed by atoms with Gasteiger partial charge in [-0.2, -0.15) is 5.26 Å². The third kappa shape index (κ3) is 4.53. The van der Waals surface area contributed by atoms with Gasteiger partial charge in [0.1, 0.15) is 6.07 Å². The summed E-state index contributed by atoms with van der Waals surface area (Å²) < 4.78 is 25.4. The van der Waals surface area contributed by atoms with E-state index in [1.54, 1.807) is 30.3 Å². The van der Waals surface area contributed by atoms with Crippen LogP contribution in [0.15, 0.2) is 64.5 Å². The third-order valence-corrected chi connectivity index (χ3v) is 5.88. The summed E-state index contributed by atoms with van der Waals surface area (Å²) in [5.41, 5.74) is 2.97. The second-order valence-corrected chi connectivity index (χ2v) is 8.69. The smallest absolute Gasteiger partial charge is 0.218 e. The SMILES string of the molecule is CC(C)c1ccc(N/C=C(/C#N)S(=O)(=O)c2ccc(C(C)C)cc2)cc1. The van der Waals surface area contributed by atoms with Crippen molar-refractivity contribution in [2.75, 3.05) is 5.32 Å². The van der Waals surface area contributed by atoms with Crippen LogP contribution in [0.2, 0.25) is 0 Å². The van der Waals surface area contributed by atoms with Crippen LogP contribution in [-0.2, 0) is 9.84 Å². The van der Waals surface area contributed by atoms with Crippen molar-refractivity contribution in [3.05, 3.63) is 70.8 Å². The van der Waals surface area contributed by atoms with E-state index in [0.29, 0.717) is 11.8 Å². The normalized spacial score (nSPS) is 12.3. The zero-order chi connectivity index (χ0) is 19.3. The molecule has 0 fully saturated rings. The molecule has 2 rings (SSSR count). The van der Waals surface area contributed by atoms with E-state index in [1.165, 1.54) is 11.8 Å². The summed E-state index contributed by atoms with van der Waals surface area (Å²) in [5, 5.41) is 12.2. The number of nitrogens with one attached hydrogen (secondary N) is 1. The molecule has 0 aliphatic rings. The highest BCUT2D eigenvalue weighted by molar-refractivity contribution is 7.95. The number of hydrogen-bond donors (Lipinski definition) is 1. The van der Waals surface area contributed by atoms with Gasteiger partial charge in [-0.1, -0.05) is 52.0 Å². The van der Waals surface area contributed by atoms with E-state index in [4.69, 9.17) is 0 Å². The Morgan fingerprint density at radius 3 is 1.81 bits per heavy atom. The lowest BCUT2D eigenvalue weighted by molar-refractivity contribution is 0.603. The molecule has 0 amide bonds. The first-order valence-corrected chi connectivity index (χ1v) is 10.1. The maximum absolute atomic E-state index is 12.7. The monoisotopic (exact) mass is 368 g/mol. The van der Waals surface area contributed by atoms with E-state index in [0.717, 1.165) is 11.3 Å². The predicted molar refractivity (Wildman–Crippen MR) is 106 cm³/mol. The van der Waals surface area contributed by atoms with Crippen molar-refractivity contribution in [3.8, 4) is 6.07 Å². The molecule has 0 saturated heterocycles. The van der Waals surface area contributed by atoms with Crippen molar-refractivity contribution in [1.82, 2.24) is 0 Å². The highest BCUT2D eigenvalue weighted by Crippen LogP contribution is 2.23. The van der Waals surface area contributed by atoms with Gasteiger partial charge in [0, 0.05) is 11.9 Å². The number of sulfone groups is 1. The van der Waals surface area contributed by atoms with Gasteiger partial charge in [0.05, 0.1) is 4.90 Å². The number of allylic oxidation sites excluding steroid dienone is 1. The van der Waals surface area contributed by atoms with Crippen LogP contribution in [0.3, 0.4) is 0 Å². The molecule has 5 heteroatoms. The van der Waals surface area contributed by atoms with E-state index in [-0.39, 0.29) is 9.80 Å². The Hall–Kier alpha value is -2.58. The lowest BCUT2D eigenvalue weighted by Crippen LogP contribution is -2.06. The average molecular weight is 369 g/mol. The summed E-state index contributed by atoms with van der Waals surface area (Å²) in [6, 6.07) is 16.1. The van der Waals surface area contributed by atoms with Gasteiger partial charge in [0.15, 0.2) is 4.91 Å². The van der Waals surface area contributed by atoms with Crippen LogP contribution in [-0.4, -0.2) is 8.42 Å². The van der Waals surface area contributed by atoms with Crippen molar-refractivity contribution in [1.29, 1.82) is 5.26 Å². The van der Waals surface area contributed by atoms with Crippen molar-refractivity contribution >= 4 is 15.5 Å².